The lowest BCUT2D eigenvalue weighted by Crippen LogP contribution is -2.33. The highest BCUT2D eigenvalue weighted by molar-refractivity contribution is 7.15. The summed E-state index contributed by atoms with van der Waals surface area (Å²) >= 11 is 1.40. The van der Waals surface area contributed by atoms with Crippen molar-refractivity contribution >= 4 is 34.2 Å². The van der Waals surface area contributed by atoms with Crippen molar-refractivity contribution in [3.05, 3.63) is 17.2 Å². The third-order valence-corrected chi connectivity index (χ3v) is 7.17. The Labute approximate surface area is 168 Å². The normalized spacial score (nSPS) is 27.9. The van der Waals surface area contributed by atoms with Crippen molar-refractivity contribution in [1.29, 1.82) is 0 Å². The Kier molecular flexibility index (Phi) is 5.31. The van der Waals surface area contributed by atoms with E-state index in [0.717, 1.165) is 30.7 Å². The molecule has 2 bridgehead atoms. The quantitative estimate of drug-likeness (QED) is 0.410. The molecule has 3 aliphatic rings. The molecule has 0 spiro atoms. The maximum Gasteiger partial charge on any atom is 0.233 e. The zero-order valence-corrected chi connectivity index (χ0v) is 17.1. The number of carbonyl (C=O) groups is 3. The van der Waals surface area contributed by atoms with Gasteiger partial charge in [0.25, 0.3) is 0 Å². The van der Waals surface area contributed by atoms with Gasteiger partial charge in [-0.15, -0.1) is 10.2 Å². The number of aromatic nitrogens is 2. The van der Waals surface area contributed by atoms with Crippen molar-refractivity contribution in [2.75, 3.05) is 11.9 Å². The average Bonchev–Trinajstić information content (AvgIpc) is 3.41. The number of likely N-dealkylation sites (tertiary alicyclic amines) is 1. The highest BCUT2D eigenvalue weighted by Crippen LogP contribution is 2.52. The van der Waals surface area contributed by atoms with E-state index in [1.807, 2.05) is 13.8 Å². The van der Waals surface area contributed by atoms with Gasteiger partial charge in [-0.2, -0.15) is 0 Å². The highest BCUT2D eigenvalue weighted by atomic mass is 32.1. The van der Waals surface area contributed by atoms with Gasteiger partial charge in [0.05, 0.1) is 11.8 Å². The standard InChI is InChI=1S/C20H26N4O3S/c1-11(2)17-22-23-20(28-17)21-14(25)6-4-3-5-9-24-18(26)15-12-7-8-13(10-12)16(15)19(24)27/h7-8,11-13,15-16H,3-6,9-10H2,1-2H3,(H,21,23,25)/t12-,13-,15+,16+/m0/s1. The monoisotopic (exact) mass is 402 g/mol. The number of unbranched alkanes of at least 4 members (excludes halogenated alkanes) is 2. The Morgan fingerprint density at radius 1 is 1.14 bits per heavy atom. The summed E-state index contributed by atoms with van der Waals surface area (Å²) in [6.07, 6.45) is 7.85. The number of nitrogens with one attached hydrogen (secondary N) is 1. The molecule has 2 heterocycles. The fraction of sp³-hybridized carbons (Fsp3) is 0.650. The first-order valence-corrected chi connectivity index (χ1v) is 10.9. The van der Waals surface area contributed by atoms with E-state index in [0.29, 0.717) is 24.0 Å². The van der Waals surface area contributed by atoms with Crippen molar-refractivity contribution < 1.29 is 14.4 Å². The van der Waals surface area contributed by atoms with E-state index in [-0.39, 0.29) is 41.4 Å². The zero-order valence-electron chi connectivity index (χ0n) is 16.3. The first-order chi connectivity index (χ1) is 13.5. The van der Waals surface area contributed by atoms with E-state index in [1.54, 1.807) is 0 Å². The van der Waals surface area contributed by atoms with Crippen LogP contribution in [0.3, 0.4) is 0 Å². The van der Waals surface area contributed by atoms with Crippen LogP contribution in [0.1, 0.15) is 56.9 Å². The summed E-state index contributed by atoms with van der Waals surface area (Å²) in [5.41, 5.74) is 0. The van der Waals surface area contributed by atoms with Crippen molar-refractivity contribution in [3.8, 4) is 0 Å². The van der Waals surface area contributed by atoms with Crippen LogP contribution in [0.15, 0.2) is 12.2 Å². The molecule has 3 amide bonds. The van der Waals surface area contributed by atoms with E-state index in [4.69, 9.17) is 0 Å². The number of hydrogen-bond donors (Lipinski definition) is 1. The minimum absolute atomic E-state index is 0.0156. The second kappa shape index (κ2) is 7.73. The number of nitrogens with zero attached hydrogens (tertiary/aromatic N) is 3. The van der Waals surface area contributed by atoms with Crippen LogP contribution in [0.2, 0.25) is 0 Å². The summed E-state index contributed by atoms with van der Waals surface area (Å²) in [5.74, 6) is 0.547. The number of rotatable bonds is 8. The first-order valence-electron chi connectivity index (χ1n) is 10.1. The Morgan fingerprint density at radius 2 is 1.82 bits per heavy atom. The minimum Gasteiger partial charge on any atom is -0.301 e. The Hall–Kier alpha value is -2.09. The molecule has 0 radical (unpaired) electrons. The molecule has 1 saturated heterocycles. The molecule has 1 saturated carbocycles. The molecule has 0 unspecified atom stereocenters. The lowest BCUT2D eigenvalue weighted by atomic mass is 9.85. The molecule has 1 aromatic rings. The summed E-state index contributed by atoms with van der Waals surface area (Å²) in [5, 5.41) is 12.3. The summed E-state index contributed by atoms with van der Waals surface area (Å²) in [4.78, 5) is 38.7. The van der Waals surface area contributed by atoms with Gasteiger partial charge >= 0.3 is 0 Å². The van der Waals surface area contributed by atoms with Crippen LogP contribution in [-0.4, -0.2) is 39.4 Å². The van der Waals surface area contributed by atoms with Gasteiger partial charge in [0.1, 0.15) is 5.01 Å². The van der Waals surface area contributed by atoms with E-state index in [1.165, 1.54) is 16.2 Å². The minimum atomic E-state index is -0.115. The molecule has 8 heteroatoms. The van der Waals surface area contributed by atoms with Gasteiger partial charge in [-0.25, -0.2) is 0 Å². The smallest absolute Gasteiger partial charge is 0.233 e. The lowest BCUT2D eigenvalue weighted by Gasteiger charge is -2.16. The van der Waals surface area contributed by atoms with Gasteiger partial charge in [-0.1, -0.05) is 43.8 Å². The Bertz CT molecular complexity index is 788. The predicted octanol–water partition coefficient (Wildman–Crippen LogP) is 2.97. The second-order valence-electron chi connectivity index (χ2n) is 8.29. The van der Waals surface area contributed by atoms with E-state index in [2.05, 4.69) is 27.7 Å². The van der Waals surface area contributed by atoms with Crippen LogP contribution in [0.25, 0.3) is 0 Å². The number of fused-ring (bicyclic) bond motifs is 5. The van der Waals surface area contributed by atoms with E-state index >= 15 is 0 Å². The maximum absolute atomic E-state index is 12.6. The number of carbonyl (C=O) groups excluding carboxylic acids is 3. The average molecular weight is 403 g/mol. The topological polar surface area (TPSA) is 92.3 Å². The number of hydrogen-bond acceptors (Lipinski definition) is 6. The molecule has 2 aliphatic carbocycles. The summed E-state index contributed by atoms with van der Waals surface area (Å²) in [6.45, 7) is 4.55. The zero-order chi connectivity index (χ0) is 19.8. The number of amides is 3. The molecular weight excluding hydrogens is 376 g/mol. The van der Waals surface area contributed by atoms with E-state index < -0.39 is 0 Å². The van der Waals surface area contributed by atoms with E-state index in [9.17, 15) is 14.4 Å². The van der Waals surface area contributed by atoms with Crippen molar-refractivity contribution in [2.45, 2.75) is 51.9 Å². The largest absolute Gasteiger partial charge is 0.301 e. The van der Waals surface area contributed by atoms with Crippen LogP contribution in [0.5, 0.6) is 0 Å². The number of imide groups is 1. The van der Waals surface area contributed by atoms with Crippen molar-refractivity contribution in [2.24, 2.45) is 23.7 Å². The van der Waals surface area contributed by atoms with Crippen molar-refractivity contribution in [3.63, 3.8) is 0 Å². The molecule has 4 atom stereocenters. The van der Waals surface area contributed by atoms with Crippen LogP contribution in [-0.2, 0) is 14.4 Å². The molecule has 1 N–H and O–H groups in total. The Morgan fingerprint density at radius 3 is 2.43 bits per heavy atom. The molecular formula is C20H26N4O3S. The lowest BCUT2D eigenvalue weighted by molar-refractivity contribution is -0.140. The third-order valence-electron chi connectivity index (χ3n) is 6.03. The van der Waals surface area contributed by atoms with Gasteiger partial charge in [0.2, 0.25) is 22.9 Å². The Balaban J connectivity index is 1.17. The fourth-order valence-corrected chi connectivity index (χ4v) is 5.38. The molecule has 7 nitrogen and oxygen atoms in total. The third kappa shape index (κ3) is 3.50. The molecule has 1 aromatic heterocycles. The second-order valence-corrected chi connectivity index (χ2v) is 9.30. The van der Waals surface area contributed by atoms with Crippen LogP contribution in [0.4, 0.5) is 5.13 Å². The molecule has 28 heavy (non-hydrogen) atoms. The summed E-state index contributed by atoms with van der Waals surface area (Å²) in [7, 11) is 0. The summed E-state index contributed by atoms with van der Waals surface area (Å²) < 4.78 is 0. The number of allylic oxidation sites excluding steroid dienone is 2. The van der Waals surface area contributed by atoms with Crippen LogP contribution >= 0.6 is 11.3 Å². The van der Waals surface area contributed by atoms with Gasteiger partial charge in [0.15, 0.2) is 0 Å². The summed E-state index contributed by atoms with van der Waals surface area (Å²) in [6, 6.07) is 0. The van der Waals surface area contributed by atoms with Gasteiger partial charge in [-0.3, -0.25) is 19.3 Å². The number of anilines is 1. The molecule has 0 aromatic carbocycles. The molecule has 150 valence electrons. The maximum atomic E-state index is 12.6. The fourth-order valence-electron chi connectivity index (χ4n) is 4.62. The van der Waals surface area contributed by atoms with Gasteiger partial charge in [0, 0.05) is 18.9 Å². The van der Waals surface area contributed by atoms with Crippen LogP contribution < -0.4 is 5.32 Å². The molecule has 4 rings (SSSR count). The predicted molar refractivity (Wildman–Crippen MR) is 106 cm³/mol. The molecule has 1 aliphatic heterocycles. The van der Waals surface area contributed by atoms with Crippen molar-refractivity contribution in [1.82, 2.24) is 15.1 Å². The SMILES string of the molecule is CC(C)c1nnc(NC(=O)CCCCCN2C(=O)[C@H]3[C@H](C2=O)[C@H]2C=C[C@H]3C2)s1. The van der Waals surface area contributed by atoms with Gasteiger partial charge < -0.3 is 5.32 Å². The first kappa shape index (κ1) is 19.2. The van der Waals surface area contributed by atoms with Gasteiger partial charge in [-0.05, 0) is 31.1 Å². The molecule has 2 fully saturated rings. The van der Waals surface area contributed by atoms with Crippen LogP contribution in [0, 0.1) is 23.7 Å². The highest BCUT2D eigenvalue weighted by Gasteiger charge is 2.58.